The number of nitrogens with zero attached hydrogens (tertiary/aromatic N) is 1. The lowest BCUT2D eigenvalue weighted by Gasteiger charge is -2.45. The minimum absolute atomic E-state index is 0.228. The first-order chi connectivity index (χ1) is 7.13. The van der Waals surface area contributed by atoms with E-state index in [1.807, 2.05) is 0 Å². The van der Waals surface area contributed by atoms with Crippen molar-refractivity contribution in [2.24, 2.45) is 0 Å². The van der Waals surface area contributed by atoms with E-state index in [4.69, 9.17) is 4.74 Å². The van der Waals surface area contributed by atoms with Crippen molar-refractivity contribution in [1.82, 2.24) is 10.2 Å². The zero-order valence-corrected chi connectivity index (χ0v) is 10.3. The van der Waals surface area contributed by atoms with Crippen LogP contribution in [0.4, 0.5) is 0 Å². The summed E-state index contributed by atoms with van der Waals surface area (Å²) in [4.78, 5) is 2.66. The third-order valence-corrected chi connectivity index (χ3v) is 3.96. The summed E-state index contributed by atoms with van der Waals surface area (Å²) in [5.74, 6) is 0. The van der Waals surface area contributed by atoms with Gasteiger partial charge in [-0.25, -0.2) is 0 Å². The predicted octanol–water partition coefficient (Wildman–Crippen LogP) is 1.24. The van der Waals surface area contributed by atoms with Crippen LogP contribution in [0.3, 0.4) is 0 Å². The van der Waals surface area contributed by atoms with Crippen molar-refractivity contribution in [3.8, 4) is 0 Å². The molecule has 1 N–H and O–H groups in total. The summed E-state index contributed by atoms with van der Waals surface area (Å²) in [6, 6.07) is 1.50. The third kappa shape index (κ3) is 2.35. The highest BCUT2D eigenvalue weighted by Gasteiger charge is 2.38. The molecule has 1 saturated heterocycles. The quantitative estimate of drug-likeness (QED) is 0.745. The van der Waals surface area contributed by atoms with Crippen LogP contribution in [0, 0.1) is 0 Å². The van der Waals surface area contributed by atoms with Gasteiger partial charge in [-0.3, -0.25) is 4.90 Å². The topological polar surface area (TPSA) is 24.5 Å². The number of hydrogen-bond acceptors (Lipinski definition) is 3. The van der Waals surface area contributed by atoms with Gasteiger partial charge in [0.1, 0.15) is 0 Å². The van der Waals surface area contributed by atoms with E-state index in [0.29, 0.717) is 0 Å². The van der Waals surface area contributed by atoms with Gasteiger partial charge in [-0.15, -0.1) is 0 Å². The van der Waals surface area contributed by atoms with Crippen LogP contribution >= 0.6 is 0 Å². The molecule has 0 amide bonds. The Balaban J connectivity index is 1.97. The molecule has 2 fully saturated rings. The summed E-state index contributed by atoms with van der Waals surface area (Å²) < 4.78 is 5.57. The van der Waals surface area contributed by atoms with Crippen molar-refractivity contribution in [2.45, 2.75) is 50.7 Å². The molecular weight excluding hydrogens is 188 g/mol. The van der Waals surface area contributed by atoms with Crippen molar-refractivity contribution >= 4 is 0 Å². The first-order valence-corrected chi connectivity index (χ1v) is 6.15. The third-order valence-electron chi connectivity index (χ3n) is 3.96. The standard InChI is InChI=1S/C12H24N2O/c1-12(2)9-15-7-6-14(12)11-5-4-10(8-11)13-3/h10-11,13H,4-9H2,1-3H3. The van der Waals surface area contributed by atoms with E-state index in [2.05, 4.69) is 31.1 Å². The summed E-state index contributed by atoms with van der Waals surface area (Å²) >= 11 is 0. The largest absolute Gasteiger partial charge is 0.378 e. The Kier molecular flexibility index (Phi) is 3.33. The Labute approximate surface area is 93.2 Å². The maximum Gasteiger partial charge on any atom is 0.0645 e. The van der Waals surface area contributed by atoms with E-state index in [1.165, 1.54) is 19.3 Å². The van der Waals surface area contributed by atoms with Gasteiger partial charge >= 0.3 is 0 Å². The molecule has 1 aliphatic heterocycles. The van der Waals surface area contributed by atoms with E-state index in [-0.39, 0.29) is 5.54 Å². The number of rotatable bonds is 2. The number of hydrogen-bond donors (Lipinski definition) is 1. The lowest BCUT2D eigenvalue weighted by atomic mass is 9.99. The normalized spacial score (nSPS) is 37.0. The highest BCUT2D eigenvalue weighted by Crippen LogP contribution is 2.31. The maximum atomic E-state index is 5.57. The monoisotopic (exact) mass is 212 g/mol. The van der Waals surface area contributed by atoms with Gasteiger partial charge in [0.25, 0.3) is 0 Å². The van der Waals surface area contributed by atoms with Gasteiger partial charge in [-0.05, 0) is 40.2 Å². The minimum atomic E-state index is 0.228. The number of nitrogens with one attached hydrogen (secondary N) is 1. The fourth-order valence-corrected chi connectivity index (χ4v) is 3.05. The molecule has 15 heavy (non-hydrogen) atoms. The van der Waals surface area contributed by atoms with Gasteiger partial charge in [0, 0.05) is 24.2 Å². The molecule has 1 aliphatic carbocycles. The smallest absolute Gasteiger partial charge is 0.0645 e. The highest BCUT2D eigenvalue weighted by atomic mass is 16.5. The second-order valence-corrected chi connectivity index (χ2v) is 5.51. The molecule has 0 spiro atoms. The molecule has 2 rings (SSSR count). The summed E-state index contributed by atoms with van der Waals surface area (Å²) in [7, 11) is 2.08. The Morgan fingerprint density at radius 2 is 2.13 bits per heavy atom. The van der Waals surface area contributed by atoms with Gasteiger partial charge in [-0.1, -0.05) is 0 Å². The lowest BCUT2D eigenvalue weighted by Crippen LogP contribution is -2.56. The molecule has 0 aromatic rings. The van der Waals surface area contributed by atoms with Crippen molar-refractivity contribution < 1.29 is 4.74 Å². The Hall–Kier alpha value is -0.120. The van der Waals surface area contributed by atoms with E-state index in [0.717, 1.165) is 31.8 Å². The van der Waals surface area contributed by atoms with Crippen LogP contribution < -0.4 is 5.32 Å². The highest BCUT2D eigenvalue weighted by molar-refractivity contribution is 4.94. The Morgan fingerprint density at radius 3 is 2.73 bits per heavy atom. The van der Waals surface area contributed by atoms with E-state index < -0.39 is 0 Å². The van der Waals surface area contributed by atoms with Gasteiger partial charge in [0.2, 0.25) is 0 Å². The second-order valence-electron chi connectivity index (χ2n) is 5.51. The molecule has 88 valence electrons. The molecule has 1 heterocycles. The molecule has 3 nitrogen and oxygen atoms in total. The first-order valence-electron chi connectivity index (χ1n) is 6.15. The van der Waals surface area contributed by atoms with Crippen LogP contribution in [-0.2, 0) is 4.74 Å². The van der Waals surface area contributed by atoms with Crippen LogP contribution in [-0.4, -0.2) is 49.3 Å². The first kappa shape index (κ1) is 11.4. The van der Waals surface area contributed by atoms with Crippen molar-refractivity contribution in [3.05, 3.63) is 0 Å². The summed E-state index contributed by atoms with van der Waals surface area (Å²) in [5.41, 5.74) is 0.228. The minimum Gasteiger partial charge on any atom is -0.378 e. The predicted molar refractivity (Wildman–Crippen MR) is 62.1 cm³/mol. The van der Waals surface area contributed by atoms with Crippen LogP contribution in [0.5, 0.6) is 0 Å². The van der Waals surface area contributed by atoms with Gasteiger partial charge in [0.15, 0.2) is 0 Å². The van der Waals surface area contributed by atoms with Crippen LogP contribution in [0.25, 0.3) is 0 Å². The fraction of sp³-hybridized carbons (Fsp3) is 1.00. The van der Waals surface area contributed by atoms with Crippen LogP contribution in [0.2, 0.25) is 0 Å². The Morgan fingerprint density at radius 1 is 1.33 bits per heavy atom. The molecule has 0 aromatic heterocycles. The van der Waals surface area contributed by atoms with Crippen LogP contribution in [0.15, 0.2) is 0 Å². The van der Waals surface area contributed by atoms with Crippen molar-refractivity contribution in [3.63, 3.8) is 0 Å². The van der Waals surface area contributed by atoms with E-state index in [9.17, 15) is 0 Å². The molecule has 0 bridgehead atoms. The zero-order chi connectivity index (χ0) is 10.9. The maximum absolute atomic E-state index is 5.57. The summed E-state index contributed by atoms with van der Waals surface area (Å²) in [6.45, 7) is 7.50. The molecule has 0 aromatic carbocycles. The fourth-order valence-electron chi connectivity index (χ4n) is 3.05. The molecule has 2 aliphatic rings. The SMILES string of the molecule is CNC1CCC(N2CCOCC2(C)C)C1. The summed E-state index contributed by atoms with van der Waals surface area (Å²) in [5, 5.41) is 3.40. The lowest BCUT2D eigenvalue weighted by molar-refractivity contribution is -0.0709. The summed E-state index contributed by atoms with van der Waals surface area (Å²) in [6.07, 6.45) is 3.98. The molecule has 0 radical (unpaired) electrons. The van der Waals surface area contributed by atoms with Crippen LogP contribution in [0.1, 0.15) is 33.1 Å². The molecule has 3 heteroatoms. The number of ether oxygens (including phenoxy) is 1. The van der Waals surface area contributed by atoms with Gasteiger partial charge in [0.05, 0.1) is 13.2 Å². The van der Waals surface area contributed by atoms with E-state index >= 15 is 0 Å². The van der Waals surface area contributed by atoms with Gasteiger partial charge < -0.3 is 10.1 Å². The van der Waals surface area contributed by atoms with Crippen molar-refractivity contribution in [2.75, 3.05) is 26.8 Å². The molecule has 2 unspecified atom stereocenters. The molecular formula is C12H24N2O. The van der Waals surface area contributed by atoms with E-state index in [1.54, 1.807) is 0 Å². The Bertz CT molecular complexity index is 218. The zero-order valence-electron chi connectivity index (χ0n) is 10.3. The number of morpholine rings is 1. The average Bonchev–Trinajstić information content (AvgIpc) is 2.65. The van der Waals surface area contributed by atoms with Crippen molar-refractivity contribution in [1.29, 1.82) is 0 Å². The molecule has 1 saturated carbocycles. The average molecular weight is 212 g/mol. The van der Waals surface area contributed by atoms with Gasteiger partial charge in [-0.2, -0.15) is 0 Å². The second kappa shape index (κ2) is 4.40. The molecule has 2 atom stereocenters.